The molecular weight excluding hydrogens is 260 g/mol. The zero-order valence-corrected chi connectivity index (χ0v) is 11.3. The summed E-state index contributed by atoms with van der Waals surface area (Å²) in [5, 5.41) is 11.6. The Balaban J connectivity index is 1.74. The fourth-order valence-electron chi connectivity index (χ4n) is 3.40. The third-order valence-electron chi connectivity index (χ3n) is 4.28. The van der Waals surface area contributed by atoms with E-state index in [0.29, 0.717) is 17.7 Å². The van der Waals surface area contributed by atoms with Crippen LogP contribution in [0.5, 0.6) is 5.88 Å². The van der Waals surface area contributed by atoms with E-state index in [1.807, 2.05) is 6.07 Å². The minimum atomic E-state index is -0.927. The van der Waals surface area contributed by atoms with E-state index >= 15 is 0 Å². The van der Waals surface area contributed by atoms with Crippen molar-refractivity contribution < 1.29 is 14.6 Å². The number of rotatable bonds is 3. The molecule has 2 aliphatic rings. The molecule has 20 heavy (non-hydrogen) atoms. The lowest BCUT2D eigenvalue weighted by atomic mass is 9.92. The van der Waals surface area contributed by atoms with Gasteiger partial charge in [0, 0.05) is 25.2 Å². The summed E-state index contributed by atoms with van der Waals surface area (Å²) in [4.78, 5) is 21.4. The first-order chi connectivity index (χ1) is 9.67. The van der Waals surface area contributed by atoms with Crippen molar-refractivity contribution in [3.8, 4) is 5.88 Å². The summed E-state index contributed by atoms with van der Waals surface area (Å²) in [6, 6.07) is 1.90. The van der Waals surface area contributed by atoms with Crippen molar-refractivity contribution in [1.82, 2.24) is 15.3 Å². The zero-order chi connectivity index (χ0) is 14.1. The van der Waals surface area contributed by atoms with Gasteiger partial charge in [-0.2, -0.15) is 0 Å². The van der Waals surface area contributed by atoms with E-state index in [1.54, 1.807) is 7.11 Å². The van der Waals surface area contributed by atoms with Crippen LogP contribution in [0.15, 0.2) is 12.4 Å². The van der Waals surface area contributed by atoms with Crippen molar-refractivity contribution in [2.75, 3.05) is 25.1 Å². The number of aromatic nitrogens is 2. The largest absolute Gasteiger partial charge is 0.481 e. The summed E-state index contributed by atoms with van der Waals surface area (Å²) in [5.41, 5.74) is 0. The predicted molar refractivity (Wildman–Crippen MR) is 72.0 cm³/mol. The molecule has 7 nitrogen and oxygen atoms in total. The van der Waals surface area contributed by atoms with Crippen LogP contribution in [0, 0.1) is 11.8 Å². The standard InChI is InChI=1S/C13H18N4O3/c1-20-11-4-10(14-7-15-11)17-5-8-2-3-9(6-17)12(8)16-13(18)19/h4,7-9,12,16H,2-3,5-6H2,1H3,(H,18,19)/t8-,9+,12?. The second-order valence-corrected chi connectivity index (χ2v) is 5.40. The van der Waals surface area contributed by atoms with Gasteiger partial charge in [0.2, 0.25) is 5.88 Å². The van der Waals surface area contributed by atoms with Crippen LogP contribution in [0.4, 0.5) is 10.6 Å². The molecule has 3 atom stereocenters. The van der Waals surface area contributed by atoms with Crippen molar-refractivity contribution in [1.29, 1.82) is 0 Å². The highest BCUT2D eigenvalue weighted by Crippen LogP contribution is 2.38. The molecule has 3 rings (SSSR count). The maximum absolute atomic E-state index is 10.9. The molecule has 2 fully saturated rings. The molecule has 1 unspecified atom stereocenters. The summed E-state index contributed by atoms with van der Waals surface area (Å²) >= 11 is 0. The number of carbonyl (C=O) groups is 1. The van der Waals surface area contributed by atoms with Crippen molar-refractivity contribution >= 4 is 11.9 Å². The lowest BCUT2D eigenvalue weighted by molar-refractivity contribution is 0.178. The van der Waals surface area contributed by atoms with Crippen molar-refractivity contribution in [3.05, 3.63) is 12.4 Å². The number of piperidine rings is 1. The lowest BCUT2D eigenvalue weighted by Gasteiger charge is -2.38. The number of methoxy groups -OCH3 is 1. The highest BCUT2D eigenvalue weighted by Gasteiger charge is 2.43. The molecule has 1 aromatic heterocycles. The number of amides is 1. The Labute approximate surface area is 117 Å². The maximum Gasteiger partial charge on any atom is 0.404 e. The first-order valence-electron chi connectivity index (χ1n) is 6.78. The molecule has 0 spiro atoms. The molecule has 1 saturated heterocycles. The third-order valence-corrected chi connectivity index (χ3v) is 4.28. The fraction of sp³-hybridized carbons (Fsp3) is 0.615. The first kappa shape index (κ1) is 13.0. The minimum Gasteiger partial charge on any atom is -0.481 e. The Bertz CT molecular complexity index is 496. The molecule has 108 valence electrons. The molecule has 2 heterocycles. The molecule has 1 saturated carbocycles. The van der Waals surface area contributed by atoms with Gasteiger partial charge in [-0.15, -0.1) is 0 Å². The van der Waals surface area contributed by atoms with E-state index in [1.165, 1.54) is 6.33 Å². The number of fused-ring (bicyclic) bond motifs is 2. The van der Waals surface area contributed by atoms with Gasteiger partial charge in [0.1, 0.15) is 12.1 Å². The van der Waals surface area contributed by atoms with Crippen LogP contribution in [-0.4, -0.2) is 47.4 Å². The zero-order valence-electron chi connectivity index (χ0n) is 11.3. The minimum absolute atomic E-state index is 0.0764. The Morgan fingerprint density at radius 1 is 1.40 bits per heavy atom. The molecule has 2 N–H and O–H groups in total. The van der Waals surface area contributed by atoms with Gasteiger partial charge >= 0.3 is 6.09 Å². The van der Waals surface area contributed by atoms with Gasteiger partial charge in [0.05, 0.1) is 7.11 Å². The summed E-state index contributed by atoms with van der Waals surface area (Å²) in [6.07, 6.45) is 2.70. The van der Waals surface area contributed by atoms with Crippen molar-refractivity contribution in [3.63, 3.8) is 0 Å². The summed E-state index contributed by atoms with van der Waals surface area (Å²) < 4.78 is 5.12. The first-order valence-corrected chi connectivity index (χ1v) is 6.78. The van der Waals surface area contributed by atoms with Gasteiger partial charge in [-0.25, -0.2) is 14.8 Å². The van der Waals surface area contributed by atoms with Crippen molar-refractivity contribution in [2.24, 2.45) is 11.8 Å². The van der Waals surface area contributed by atoms with Gasteiger partial charge in [-0.05, 0) is 24.7 Å². The van der Waals surface area contributed by atoms with Gasteiger partial charge in [-0.1, -0.05) is 0 Å². The Hall–Kier alpha value is -2.05. The van der Waals surface area contributed by atoms with E-state index in [-0.39, 0.29) is 6.04 Å². The topological polar surface area (TPSA) is 87.6 Å². The molecule has 0 radical (unpaired) electrons. The van der Waals surface area contributed by atoms with Crippen LogP contribution in [0.3, 0.4) is 0 Å². The highest BCUT2D eigenvalue weighted by atomic mass is 16.5. The predicted octanol–water partition coefficient (Wildman–Crippen LogP) is 0.968. The smallest absolute Gasteiger partial charge is 0.404 e. The number of hydrogen-bond donors (Lipinski definition) is 2. The molecule has 1 aliphatic heterocycles. The number of ether oxygens (including phenoxy) is 1. The van der Waals surface area contributed by atoms with Crippen LogP contribution in [0.25, 0.3) is 0 Å². The van der Waals surface area contributed by atoms with Crippen LogP contribution >= 0.6 is 0 Å². The molecule has 2 bridgehead atoms. The van der Waals surface area contributed by atoms with Crippen LogP contribution < -0.4 is 15.0 Å². The molecule has 7 heteroatoms. The van der Waals surface area contributed by atoms with Crippen LogP contribution in [0.2, 0.25) is 0 Å². The van der Waals surface area contributed by atoms with E-state index in [2.05, 4.69) is 20.2 Å². The number of nitrogens with zero attached hydrogens (tertiary/aromatic N) is 3. The maximum atomic E-state index is 10.9. The number of nitrogens with one attached hydrogen (secondary N) is 1. The van der Waals surface area contributed by atoms with E-state index in [9.17, 15) is 4.79 Å². The Morgan fingerprint density at radius 2 is 2.10 bits per heavy atom. The number of hydrogen-bond acceptors (Lipinski definition) is 5. The van der Waals surface area contributed by atoms with E-state index < -0.39 is 6.09 Å². The summed E-state index contributed by atoms with van der Waals surface area (Å²) in [6.45, 7) is 1.64. The second-order valence-electron chi connectivity index (χ2n) is 5.40. The summed E-state index contributed by atoms with van der Waals surface area (Å²) in [7, 11) is 1.58. The number of carboxylic acid groups (broad SMARTS) is 1. The fourth-order valence-corrected chi connectivity index (χ4v) is 3.40. The molecular formula is C13H18N4O3. The number of anilines is 1. The SMILES string of the molecule is COc1cc(N2C[C@H]3CC[C@@H](C2)C3NC(=O)O)ncn1. The highest BCUT2D eigenvalue weighted by molar-refractivity contribution is 5.65. The van der Waals surface area contributed by atoms with E-state index in [0.717, 1.165) is 31.7 Å². The average Bonchev–Trinajstić information content (AvgIpc) is 2.69. The molecule has 1 aromatic rings. The van der Waals surface area contributed by atoms with Crippen LogP contribution in [0.1, 0.15) is 12.8 Å². The third kappa shape index (κ3) is 2.35. The molecule has 1 aliphatic carbocycles. The normalized spacial score (nSPS) is 28.2. The van der Waals surface area contributed by atoms with Gasteiger partial charge < -0.3 is 20.1 Å². The second kappa shape index (κ2) is 5.15. The van der Waals surface area contributed by atoms with Crippen molar-refractivity contribution in [2.45, 2.75) is 18.9 Å². The lowest BCUT2D eigenvalue weighted by Crippen LogP contribution is -2.52. The van der Waals surface area contributed by atoms with Gasteiger partial charge in [0.15, 0.2) is 0 Å². The quantitative estimate of drug-likeness (QED) is 0.856. The van der Waals surface area contributed by atoms with Crippen LogP contribution in [-0.2, 0) is 0 Å². The van der Waals surface area contributed by atoms with Gasteiger partial charge in [0.25, 0.3) is 0 Å². The average molecular weight is 278 g/mol. The monoisotopic (exact) mass is 278 g/mol. The Morgan fingerprint density at radius 3 is 2.70 bits per heavy atom. The van der Waals surface area contributed by atoms with Gasteiger partial charge in [-0.3, -0.25) is 0 Å². The summed E-state index contributed by atoms with van der Waals surface area (Å²) in [5.74, 6) is 2.10. The molecule has 1 amide bonds. The van der Waals surface area contributed by atoms with E-state index in [4.69, 9.17) is 9.84 Å². The molecule has 0 aromatic carbocycles. The Kier molecular flexibility index (Phi) is 3.33.